The number of hydrogen-bond donors (Lipinski definition) is 0. The standard InChI is InChI=1S/C20H25FO2/c1-13-7-9-15(16-12-14(22-5)8-10-18(16)21)17(11-13)19(23-6)20(2,3)4/h7-12,19H,1-6H3/t19-/m0/s1. The highest BCUT2D eigenvalue weighted by molar-refractivity contribution is 5.70. The van der Waals surface area contributed by atoms with Gasteiger partial charge in [0, 0.05) is 12.7 Å². The van der Waals surface area contributed by atoms with Gasteiger partial charge in [-0.3, -0.25) is 0 Å². The first kappa shape index (κ1) is 17.5. The summed E-state index contributed by atoms with van der Waals surface area (Å²) in [5, 5.41) is 0. The van der Waals surface area contributed by atoms with E-state index in [4.69, 9.17) is 9.47 Å². The fraction of sp³-hybridized carbons (Fsp3) is 0.400. The Morgan fingerprint density at radius 3 is 2.22 bits per heavy atom. The van der Waals surface area contributed by atoms with E-state index in [1.54, 1.807) is 26.4 Å². The Labute approximate surface area is 138 Å². The molecule has 0 saturated heterocycles. The molecule has 0 heterocycles. The minimum absolute atomic E-state index is 0.105. The van der Waals surface area contributed by atoms with Crippen molar-refractivity contribution >= 4 is 0 Å². The van der Waals surface area contributed by atoms with Crippen molar-refractivity contribution in [3.8, 4) is 16.9 Å². The van der Waals surface area contributed by atoms with E-state index < -0.39 is 0 Å². The van der Waals surface area contributed by atoms with Crippen molar-refractivity contribution in [1.82, 2.24) is 0 Å². The smallest absolute Gasteiger partial charge is 0.131 e. The Kier molecular flexibility index (Phi) is 5.10. The van der Waals surface area contributed by atoms with Crippen LogP contribution < -0.4 is 4.74 Å². The maximum atomic E-state index is 14.4. The lowest BCUT2D eigenvalue weighted by Gasteiger charge is -2.31. The highest BCUT2D eigenvalue weighted by Crippen LogP contribution is 2.41. The minimum atomic E-state index is -0.264. The predicted octanol–water partition coefficient (Wildman–Crippen LogP) is 5.54. The van der Waals surface area contributed by atoms with E-state index in [1.807, 2.05) is 19.1 Å². The van der Waals surface area contributed by atoms with Gasteiger partial charge in [-0.25, -0.2) is 4.39 Å². The van der Waals surface area contributed by atoms with Crippen molar-refractivity contribution < 1.29 is 13.9 Å². The summed E-state index contributed by atoms with van der Waals surface area (Å²) in [7, 11) is 3.28. The molecule has 0 aliphatic heterocycles. The molecule has 1 atom stereocenters. The molecule has 0 spiro atoms. The van der Waals surface area contributed by atoms with Crippen molar-refractivity contribution in [2.24, 2.45) is 5.41 Å². The Bertz CT molecular complexity index is 687. The van der Waals surface area contributed by atoms with Crippen LogP contribution in [0.4, 0.5) is 4.39 Å². The first-order valence-corrected chi connectivity index (χ1v) is 7.75. The van der Waals surface area contributed by atoms with E-state index in [1.165, 1.54) is 6.07 Å². The van der Waals surface area contributed by atoms with Gasteiger partial charge in [0.1, 0.15) is 11.6 Å². The summed E-state index contributed by atoms with van der Waals surface area (Å²) in [6, 6.07) is 10.8. The molecule has 0 N–H and O–H groups in total. The highest BCUT2D eigenvalue weighted by Gasteiger charge is 2.29. The van der Waals surface area contributed by atoms with Gasteiger partial charge < -0.3 is 9.47 Å². The summed E-state index contributed by atoms with van der Waals surface area (Å²) < 4.78 is 25.5. The van der Waals surface area contributed by atoms with Crippen LogP contribution in [-0.2, 0) is 4.74 Å². The van der Waals surface area contributed by atoms with Crippen molar-refractivity contribution in [1.29, 1.82) is 0 Å². The van der Waals surface area contributed by atoms with Gasteiger partial charge in [0.15, 0.2) is 0 Å². The van der Waals surface area contributed by atoms with Crippen LogP contribution in [0.15, 0.2) is 36.4 Å². The zero-order valence-electron chi connectivity index (χ0n) is 14.7. The number of benzene rings is 2. The van der Waals surface area contributed by atoms with Crippen molar-refractivity contribution in [2.75, 3.05) is 14.2 Å². The van der Waals surface area contributed by atoms with Gasteiger partial charge in [-0.05, 0) is 41.7 Å². The Morgan fingerprint density at radius 2 is 1.65 bits per heavy atom. The van der Waals surface area contributed by atoms with Crippen LogP contribution in [0.2, 0.25) is 0 Å². The number of methoxy groups -OCH3 is 2. The molecule has 2 nitrogen and oxygen atoms in total. The van der Waals surface area contributed by atoms with E-state index in [0.29, 0.717) is 11.3 Å². The molecule has 0 aromatic heterocycles. The fourth-order valence-corrected chi connectivity index (χ4v) is 2.93. The summed E-state index contributed by atoms with van der Waals surface area (Å²) in [4.78, 5) is 0. The number of rotatable bonds is 4. The quantitative estimate of drug-likeness (QED) is 0.737. The molecule has 2 aromatic carbocycles. The molecule has 23 heavy (non-hydrogen) atoms. The van der Waals surface area contributed by atoms with Gasteiger partial charge in [-0.15, -0.1) is 0 Å². The number of aryl methyl sites for hydroxylation is 1. The van der Waals surface area contributed by atoms with Crippen LogP contribution in [0, 0.1) is 18.2 Å². The molecule has 3 heteroatoms. The lowest BCUT2D eigenvalue weighted by Crippen LogP contribution is -2.21. The largest absolute Gasteiger partial charge is 0.497 e. The van der Waals surface area contributed by atoms with Gasteiger partial charge in [-0.1, -0.05) is 44.5 Å². The van der Waals surface area contributed by atoms with Crippen LogP contribution in [0.5, 0.6) is 5.75 Å². The van der Waals surface area contributed by atoms with Crippen LogP contribution in [0.1, 0.15) is 38.0 Å². The summed E-state index contributed by atoms with van der Waals surface area (Å²) >= 11 is 0. The molecular weight excluding hydrogens is 291 g/mol. The van der Waals surface area contributed by atoms with Crippen molar-refractivity contribution in [3.05, 3.63) is 53.3 Å². The van der Waals surface area contributed by atoms with Gasteiger partial charge in [0.05, 0.1) is 13.2 Å². The van der Waals surface area contributed by atoms with Crippen LogP contribution in [0.3, 0.4) is 0 Å². The van der Waals surface area contributed by atoms with Crippen LogP contribution >= 0.6 is 0 Å². The Hall–Kier alpha value is -1.87. The van der Waals surface area contributed by atoms with Crippen molar-refractivity contribution in [2.45, 2.75) is 33.8 Å². The first-order chi connectivity index (χ1) is 10.8. The zero-order valence-corrected chi connectivity index (χ0v) is 14.7. The molecule has 0 saturated carbocycles. The molecule has 0 aliphatic carbocycles. The van der Waals surface area contributed by atoms with Gasteiger partial charge in [-0.2, -0.15) is 0 Å². The van der Waals surface area contributed by atoms with Gasteiger partial charge >= 0.3 is 0 Å². The molecule has 0 amide bonds. The Balaban J connectivity index is 2.69. The van der Waals surface area contributed by atoms with E-state index >= 15 is 0 Å². The SMILES string of the molecule is COc1ccc(F)c(-c2ccc(C)cc2[C@H](OC)C(C)(C)C)c1. The first-order valence-electron chi connectivity index (χ1n) is 7.75. The van der Waals surface area contributed by atoms with E-state index in [2.05, 4.69) is 26.8 Å². The van der Waals surface area contributed by atoms with Gasteiger partial charge in [0.25, 0.3) is 0 Å². The maximum Gasteiger partial charge on any atom is 0.131 e. The molecule has 0 bridgehead atoms. The summed E-state index contributed by atoms with van der Waals surface area (Å²) in [6.07, 6.45) is -0.136. The molecule has 0 radical (unpaired) electrons. The average molecular weight is 316 g/mol. The summed E-state index contributed by atoms with van der Waals surface area (Å²) in [5.74, 6) is 0.373. The summed E-state index contributed by atoms with van der Waals surface area (Å²) in [5.41, 5.74) is 3.39. The number of halogens is 1. The maximum absolute atomic E-state index is 14.4. The predicted molar refractivity (Wildman–Crippen MR) is 92.3 cm³/mol. The monoisotopic (exact) mass is 316 g/mol. The minimum Gasteiger partial charge on any atom is -0.497 e. The van der Waals surface area contributed by atoms with E-state index in [-0.39, 0.29) is 17.3 Å². The topological polar surface area (TPSA) is 18.5 Å². The van der Waals surface area contributed by atoms with Crippen LogP contribution in [0.25, 0.3) is 11.1 Å². The second kappa shape index (κ2) is 6.71. The second-order valence-electron chi connectivity index (χ2n) is 6.92. The molecule has 0 fully saturated rings. The molecule has 2 aromatic rings. The normalized spacial score (nSPS) is 13.0. The average Bonchev–Trinajstić information content (AvgIpc) is 2.48. The highest BCUT2D eigenvalue weighted by atomic mass is 19.1. The fourth-order valence-electron chi connectivity index (χ4n) is 2.93. The zero-order chi connectivity index (χ0) is 17.2. The number of hydrogen-bond acceptors (Lipinski definition) is 2. The van der Waals surface area contributed by atoms with Gasteiger partial charge in [0.2, 0.25) is 0 Å². The number of ether oxygens (including phenoxy) is 2. The Morgan fingerprint density at radius 1 is 0.957 bits per heavy atom. The van der Waals surface area contributed by atoms with Crippen molar-refractivity contribution in [3.63, 3.8) is 0 Å². The molecular formula is C20H25FO2. The van der Waals surface area contributed by atoms with E-state index in [0.717, 1.165) is 16.7 Å². The third-order valence-corrected chi connectivity index (χ3v) is 3.98. The third kappa shape index (κ3) is 3.73. The van der Waals surface area contributed by atoms with E-state index in [9.17, 15) is 4.39 Å². The molecule has 124 valence electrons. The molecule has 2 rings (SSSR count). The lowest BCUT2D eigenvalue weighted by molar-refractivity contribution is 0.0155. The second-order valence-corrected chi connectivity index (χ2v) is 6.92. The third-order valence-electron chi connectivity index (χ3n) is 3.98. The molecule has 0 unspecified atom stereocenters. The molecule has 0 aliphatic rings. The van der Waals surface area contributed by atoms with Crippen LogP contribution in [-0.4, -0.2) is 14.2 Å². The summed E-state index contributed by atoms with van der Waals surface area (Å²) in [6.45, 7) is 8.39. The lowest BCUT2D eigenvalue weighted by atomic mass is 9.81.